The van der Waals surface area contributed by atoms with Gasteiger partial charge in [-0.1, -0.05) is 6.07 Å². The molecule has 0 atom stereocenters. The minimum atomic E-state index is 0.847. The minimum Gasteiger partial charge on any atom is -0.302 e. The van der Waals surface area contributed by atoms with E-state index in [0.717, 1.165) is 61.9 Å². The van der Waals surface area contributed by atoms with Crippen molar-refractivity contribution >= 4 is 11.4 Å². The summed E-state index contributed by atoms with van der Waals surface area (Å²) in [4.78, 5) is 21.3. The molecule has 0 unspecified atom stereocenters. The lowest BCUT2D eigenvalue weighted by Gasteiger charge is -2.28. The molecule has 0 amide bonds. The fourth-order valence-corrected chi connectivity index (χ4v) is 4.25. The molecule has 0 saturated carbocycles. The fourth-order valence-electron chi connectivity index (χ4n) is 4.25. The van der Waals surface area contributed by atoms with Crippen LogP contribution in [0.25, 0.3) is 5.65 Å². The highest BCUT2D eigenvalue weighted by Gasteiger charge is 2.22. The Morgan fingerprint density at radius 1 is 1.07 bits per heavy atom. The van der Waals surface area contributed by atoms with E-state index in [1.54, 1.807) is 0 Å². The molecule has 28 heavy (non-hydrogen) atoms. The van der Waals surface area contributed by atoms with E-state index in [-0.39, 0.29) is 0 Å². The summed E-state index contributed by atoms with van der Waals surface area (Å²) in [6.45, 7) is 7.94. The van der Waals surface area contributed by atoms with E-state index in [1.165, 1.54) is 35.4 Å². The molecule has 3 aromatic rings. The van der Waals surface area contributed by atoms with E-state index in [0.29, 0.717) is 0 Å². The van der Waals surface area contributed by atoms with Crippen molar-refractivity contribution in [1.29, 1.82) is 0 Å². The molecule has 0 bridgehead atoms. The number of hydrogen-bond donors (Lipinski definition) is 0. The number of nitrogens with zero attached hydrogens (tertiary/aromatic N) is 6. The Kier molecular flexibility index (Phi) is 4.43. The Morgan fingerprint density at radius 2 is 2.00 bits per heavy atom. The molecule has 2 aliphatic heterocycles. The van der Waals surface area contributed by atoms with Gasteiger partial charge in [-0.3, -0.25) is 9.89 Å². The van der Waals surface area contributed by atoms with Gasteiger partial charge in [-0.15, -0.1) is 0 Å². The van der Waals surface area contributed by atoms with Gasteiger partial charge < -0.3 is 4.40 Å². The third-order valence-electron chi connectivity index (χ3n) is 5.83. The van der Waals surface area contributed by atoms with Gasteiger partial charge in [-0.2, -0.15) is 0 Å². The zero-order valence-electron chi connectivity index (χ0n) is 16.6. The molecular formula is C22H26N6. The second-order valence-corrected chi connectivity index (χ2v) is 7.99. The molecule has 5 rings (SSSR count). The van der Waals surface area contributed by atoms with Crippen molar-refractivity contribution in [3.63, 3.8) is 0 Å². The Bertz CT molecular complexity index is 1060. The third-order valence-corrected chi connectivity index (χ3v) is 5.83. The quantitative estimate of drug-likeness (QED) is 0.706. The maximum Gasteiger partial charge on any atom is 0.173 e. The first-order valence-electron chi connectivity index (χ1n) is 10.2. The first-order valence-corrected chi connectivity index (χ1v) is 10.2. The van der Waals surface area contributed by atoms with Gasteiger partial charge in [0.1, 0.15) is 5.65 Å². The summed E-state index contributed by atoms with van der Waals surface area (Å²) in [6, 6.07) is 4.22. The van der Waals surface area contributed by atoms with Gasteiger partial charge in [0.05, 0.1) is 22.8 Å². The van der Waals surface area contributed by atoms with Crippen molar-refractivity contribution in [2.45, 2.75) is 52.6 Å². The Hall–Kier alpha value is -2.60. The van der Waals surface area contributed by atoms with Crippen LogP contribution in [0.3, 0.4) is 0 Å². The van der Waals surface area contributed by atoms with Gasteiger partial charge in [0.25, 0.3) is 0 Å². The fraction of sp³-hybridized carbons (Fsp3) is 0.455. The number of pyridine rings is 1. The summed E-state index contributed by atoms with van der Waals surface area (Å²) < 4.78 is 2.24. The summed E-state index contributed by atoms with van der Waals surface area (Å²) in [6.07, 6.45) is 8.57. The standard InChI is InChI=1S/C22H26N6/c1-15-6-7-21-25-16(2)20(28(21)12-15)14-27-10-8-18-17(13-27)11-24-22(26-18)19-5-3-4-9-23-19/h6-7,11-12H,3-5,8-10,13-14H2,1-2H3. The number of rotatable bonds is 3. The highest BCUT2D eigenvalue weighted by Crippen LogP contribution is 2.22. The summed E-state index contributed by atoms with van der Waals surface area (Å²) in [5.41, 5.74) is 8.19. The number of aryl methyl sites for hydroxylation is 2. The van der Waals surface area contributed by atoms with Crippen molar-refractivity contribution in [3.8, 4) is 0 Å². The molecule has 5 heterocycles. The van der Waals surface area contributed by atoms with Crippen molar-refractivity contribution < 1.29 is 0 Å². The lowest BCUT2D eigenvalue weighted by molar-refractivity contribution is 0.239. The molecule has 6 nitrogen and oxygen atoms in total. The molecule has 144 valence electrons. The minimum absolute atomic E-state index is 0.847. The zero-order chi connectivity index (χ0) is 19.1. The number of fused-ring (bicyclic) bond motifs is 2. The number of aromatic nitrogens is 4. The molecule has 6 heteroatoms. The number of hydrogen-bond acceptors (Lipinski definition) is 5. The lowest BCUT2D eigenvalue weighted by atomic mass is 10.1. The van der Waals surface area contributed by atoms with Crippen LogP contribution in [0, 0.1) is 13.8 Å². The van der Waals surface area contributed by atoms with Crippen LogP contribution in [-0.4, -0.2) is 43.1 Å². The SMILES string of the molecule is Cc1ccc2nc(C)c(CN3CCc4nc(C5=NCCCC5)ncc4C3)n2c1. The molecule has 0 saturated heterocycles. The van der Waals surface area contributed by atoms with E-state index in [2.05, 4.69) is 51.5 Å². The zero-order valence-corrected chi connectivity index (χ0v) is 16.6. The normalized spacial score (nSPS) is 17.6. The highest BCUT2D eigenvalue weighted by atomic mass is 15.2. The summed E-state index contributed by atoms with van der Waals surface area (Å²) >= 11 is 0. The van der Waals surface area contributed by atoms with E-state index in [9.17, 15) is 0 Å². The van der Waals surface area contributed by atoms with Crippen LogP contribution in [0.5, 0.6) is 0 Å². The van der Waals surface area contributed by atoms with Gasteiger partial charge in [-0.25, -0.2) is 15.0 Å². The van der Waals surface area contributed by atoms with Crippen molar-refractivity contribution in [2.24, 2.45) is 4.99 Å². The molecule has 2 aliphatic rings. The summed E-state index contributed by atoms with van der Waals surface area (Å²) in [7, 11) is 0. The van der Waals surface area contributed by atoms with E-state index < -0.39 is 0 Å². The summed E-state index contributed by atoms with van der Waals surface area (Å²) in [5.74, 6) is 0.847. The first kappa shape index (κ1) is 17.5. The Labute approximate surface area is 165 Å². The average molecular weight is 374 g/mol. The molecule has 0 radical (unpaired) electrons. The van der Waals surface area contributed by atoms with Crippen LogP contribution in [-0.2, 0) is 19.5 Å². The second-order valence-electron chi connectivity index (χ2n) is 7.99. The van der Waals surface area contributed by atoms with Gasteiger partial charge in [0, 0.05) is 50.6 Å². The van der Waals surface area contributed by atoms with Crippen LogP contribution >= 0.6 is 0 Å². The second kappa shape index (κ2) is 7.09. The monoisotopic (exact) mass is 374 g/mol. The van der Waals surface area contributed by atoms with Crippen LogP contribution in [0.1, 0.15) is 53.3 Å². The van der Waals surface area contributed by atoms with E-state index >= 15 is 0 Å². The van der Waals surface area contributed by atoms with Crippen LogP contribution in [0.15, 0.2) is 29.5 Å². The van der Waals surface area contributed by atoms with Gasteiger partial charge >= 0.3 is 0 Å². The Balaban J connectivity index is 1.37. The molecule has 0 spiro atoms. The van der Waals surface area contributed by atoms with Gasteiger partial charge in [0.2, 0.25) is 0 Å². The maximum absolute atomic E-state index is 4.86. The van der Waals surface area contributed by atoms with Gasteiger partial charge in [-0.05, 0) is 44.7 Å². The van der Waals surface area contributed by atoms with Crippen LogP contribution in [0.4, 0.5) is 0 Å². The van der Waals surface area contributed by atoms with E-state index in [1.807, 2.05) is 6.20 Å². The lowest BCUT2D eigenvalue weighted by Crippen LogP contribution is -2.32. The topological polar surface area (TPSA) is 58.7 Å². The summed E-state index contributed by atoms with van der Waals surface area (Å²) in [5, 5.41) is 0. The molecule has 0 N–H and O–H groups in total. The smallest absolute Gasteiger partial charge is 0.173 e. The van der Waals surface area contributed by atoms with Crippen molar-refractivity contribution in [3.05, 3.63) is 58.6 Å². The van der Waals surface area contributed by atoms with Crippen molar-refractivity contribution in [2.75, 3.05) is 13.1 Å². The number of aliphatic imine (C=N–C) groups is 1. The van der Waals surface area contributed by atoms with Crippen LogP contribution < -0.4 is 0 Å². The predicted octanol–water partition coefficient (Wildman–Crippen LogP) is 3.27. The molecule has 0 aliphatic carbocycles. The molecular weight excluding hydrogens is 348 g/mol. The van der Waals surface area contributed by atoms with Gasteiger partial charge in [0.15, 0.2) is 5.82 Å². The Morgan fingerprint density at radius 3 is 2.86 bits per heavy atom. The molecule has 0 aromatic carbocycles. The predicted molar refractivity (Wildman–Crippen MR) is 110 cm³/mol. The third kappa shape index (κ3) is 3.22. The first-order chi connectivity index (χ1) is 13.7. The molecule has 3 aromatic heterocycles. The highest BCUT2D eigenvalue weighted by molar-refractivity contribution is 5.97. The largest absolute Gasteiger partial charge is 0.302 e. The average Bonchev–Trinajstić information content (AvgIpc) is 3.03. The maximum atomic E-state index is 4.86. The molecule has 0 fully saturated rings. The number of imidazole rings is 1. The van der Waals surface area contributed by atoms with Crippen LogP contribution in [0.2, 0.25) is 0 Å². The van der Waals surface area contributed by atoms with E-state index in [4.69, 9.17) is 9.97 Å². The van der Waals surface area contributed by atoms with Crippen molar-refractivity contribution in [1.82, 2.24) is 24.3 Å².